The van der Waals surface area contributed by atoms with Gasteiger partial charge < -0.3 is 15.0 Å². The number of hydrogen-bond acceptors (Lipinski definition) is 5. The molecule has 0 spiro atoms. The van der Waals surface area contributed by atoms with E-state index in [1.54, 1.807) is 41.3 Å². The van der Waals surface area contributed by atoms with Crippen LogP contribution in [-0.2, 0) is 37.3 Å². The fourth-order valence-corrected chi connectivity index (χ4v) is 6.48. The Bertz CT molecular complexity index is 1460. The molecule has 1 saturated carbocycles. The molecule has 0 aromatic heterocycles. The molecule has 1 saturated heterocycles. The molecule has 1 heterocycles. The van der Waals surface area contributed by atoms with Crippen molar-refractivity contribution in [3.63, 3.8) is 0 Å². The highest BCUT2D eigenvalue weighted by atomic mass is 35.5. The van der Waals surface area contributed by atoms with Crippen LogP contribution in [0.5, 0.6) is 0 Å². The Labute approximate surface area is 252 Å². The van der Waals surface area contributed by atoms with Gasteiger partial charge in [0.25, 0.3) is 0 Å². The number of aryl methyl sites for hydroxylation is 1. The first-order valence-electron chi connectivity index (χ1n) is 14.4. The summed E-state index contributed by atoms with van der Waals surface area (Å²) in [6.45, 7) is 1.29. The van der Waals surface area contributed by atoms with E-state index in [4.69, 9.17) is 16.3 Å². The maximum absolute atomic E-state index is 13.9. The molecule has 2 fully saturated rings. The Morgan fingerprint density at radius 2 is 1.62 bits per heavy atom. The van der Waals surface area contributed by atoms with Gasteiger partial charge in [-0.2, -0.15) is 0 Å². The first-order valence-corrected chi connectivity index (χ1v) is 16.2. The third kappa shape index (κ3) is 8.19. The maximum Gasteiger partial charge on any atom is 0.247 e. The molecule has 2 N–H and O–H groups in total. The van der Waals surface area contributed by atoms with Gasteiger partial charge in [0.2, 0.25) is 21.8 Å². The first kappa shape index (κ1) is 30.2. The highest BCUT2D eigenvalue weighted by Crippen LogP contribution is 2.27. The molecular weight excluding hydrogens is 574 g/mol. The number of rotatable bonds is 13. The van der Waals surface area contributed by atoms with Crippen LogP contribution in [0.15, 0.2) is 83.8 Å². The number of halogens is 1. The van der Waals surface area contributed by atoms with Crippen molar-refractivity contribution < 1.29 is 22.7 Å². The molecule has 0 bridgehead atoms. The number of ether oxygens (including phenoxy) is 1. The first-order chi connectivity index (χ1) is 20.3. The summed E-state index contributed by atoms with van der Waals surface area (Å²) < 4.78 is 33.4. The van der Waals surface area contributed by atoms with Crippen LogP contribution in [0, 0.1) is 0 Å². The number of hydrogen-bond donors (Lipinski definition) is 2. The lowest BCUT2D eigenvalue weighted by atomic mass is 10.0. The smallest absolute Gasteiger partial charge is 0.247 e. The topological polar surface area (TPSA) is 105 Å². The van der Waals surface area contributed by atoms with Gasteiger partial charge in [-0.25, -0.2) is 13.1 Å². The second-order valence-electron chi connectivity index (χ2n) is 10.9. The fourth-order valence-electron chi connectivity index (χ4n) is 5.05. The maximum atomic E-state index is 13.9. The van der Waals surface area contributed by atoms with Gasteiger partial charge in [-0.3, -0.25) is 9.59 Å². The van der Waals surface area contributed by atoms with Gasteiger partial charge in [0.05, 0.1) is 11.0 Å². The van der Waals surface area contributed by atoms with Crippen LogP contribution in [0.25, 0.3) is 0 Å². The molecule has 2 amide bonds. The van der Waals surface area contributed by atoms with E-state index in [0.717, 1.165) is 36.8 Å². The van der Waals surface area contributed by atoms with Crippen LogP contribution in [0.4, 0.5) is 0 Å². The van der Waals surface area contributed by atoms with E-state index >= 15 is 0 Å². The second kappa shape index (κ2) is 13.8. The zero-order valence-electron chi connectivity index (χ0n) is 23.4. The lowest BCUT2D eigenvalue weighted by Crippen LogP contribution is -2.45. The van der Waals surface area contributed by atoms with Crippen LogP contribution in [0.1, 0.15) is 54.8 Å². The molecule has 3 aromatic rings. The number of carbonyl (C=O) groups excluding carboxylic acids is 2. The summed E-state index contributed by atoms with van der Waals surface area (Å²) in [4.78, 5) is 29.5. The van der Waals surface area contributed by atoms with E-state index in [-0.39, 0.29) is 41.8 Å². The van der Waals surface area contributed by atoms with Crippen molar-refractivity contribution in [2.24, 2.45) is 0 Å². The number of sulfonamides is 1. The summed E-state index contributed by atoms with van der Waals surface area (Å²) >= 11 is 6.11. The average molecular weight is 610 g/mol. The van der Waals surface area contributed by atoms with Crippen molar-refractivity contribution in [3.8, 4) is 0 Å². The number of nitrogens with zero attached hydrogens (tertiary/aromatic N) is 1. The van der Waals surface area contributed by atoms with E-state index in [9.17, 15) is 18.0 Å². The van der Waals surface area contributed by atoms with Crippen LogP contribution in [-0.4, -0.2) is 50.4 Å². The normalized spacial score (nSPS) is 17.5. The summed E-state index contributed by atoms with van der Waals surface area (Å²) in [6.07, 6.45) is 4.09. The molecule has 1 aliphatic carbocycles. The lowest BCUT2D eigenvalue weighted by molar-refractivity contribution is -0.141. The Morgan fingerprint density at radius 3 is 2.26 bits per heavy atom. The molecule has 2 atom stereocenters. The molecule has 5 rings (SSSR count). The molecule has 42 heavy (non-hydrogen) atoms. The summed E-state index contributed by atoms with van der Waals surface area (Å²) in [5.41, 5.74) is 2.39. The Kier molecular flexibility index (Phi) is 9.95. The van der Waals surface area contributed by atoms with Crippen molar-refractivity contribution in [1.29, 1.82) is 0 Å². The number of nitrogens with one attached hydrogen (secondary N) is 2. The van der Waals surface area contributed by atoms with E-state index in [0.29, 0.717) is 30.2 Å². The highest BCUT2D eigenvalue weighted by Gasteiger charge is 2.32. The molecule has 0 radical (unpaired) electrons. The fraction of sp³-hybridized carbons (Fsp3) is 0.375. The zero-order chi connectivity index (χ0) is 29.5. The van der Waals surface area contributed by atoms with Crippen molar-refractivity contribution >= 4 is 33.4 Å². The molecular formula is C32H36ClN3O5S. The molecule has 222 valence electrons. The minimum Gasteiger partial charge on any atom is -0.376 e. The number of carbonyl (C=O) groups is 2. The lowest BCUT2D eigenvalue weighted by Gasteiger charge is -2.32. The van der Waals surface area contributed by atoms with Gasteiger partial charge >= 0.3 is 0 Å². The quantitative estimate of drug-likeness (QED) is 0.290. The summed E-state index contributed by atoms with van der Waals surface area (Å²) in [7, 11) is -3.55. The van der Waals surface area contributed by atoms with Gasteiger partial charge in [0.1, 0.15) is 6.04 Å². The zero-order valence-corrected chi connectivity index (χ0v) is 24.9. The third-order valence-electron chi connectivity index (χ3n) is 7.55. The van der Waals surface area contributed by atoms with Crippen LogP contribution < -0.4 is 10.0 Å². The molecule has 3 aromatic carbocycles. The Hall–Kier alpha value is -3.24. The molecule has 10 heteroatoms. The van der Waals surface area contributed by atoms with Gasteiger partial charge in [-0.1, -0.05) is 66.2 Å². The summed E-state index contributed by atoms with van der Waals surface area (Å²) in [5, 5.41) is 3.61. The summed E-state index contributed by atoms with van der Waals surface area (Å²) in [5.74, 6) is -0.463. The van der Waals surface area contributed by atoms with Gasteiger partial charge in [0.15, 0.2) is 0 Å². The van der Waals surface area contributed by atoms with Crippen molar-refractivity contribution in [2.45, 2.75) is 68.2 Å². The standard InChI is InChI=1S/C32H36ClN3O5S/c33-26-13-8-24(9-14-26)22-36(31(25-5-2-1-3-6-25)32(38)34-21-28-7-4-20-41-28)30(37)19-12-23-10-17-29(18-11-23)42(39,40)35-27-15-16-27/h1-3,5-6,8-11,13-14,17-18,27-28,31,35H,4,7,12,15-16,19-22H2,(H,34,38)/t28-,31+/m1/s1. The van der Waals surface area contributed by atoms with E-state index in [2.05, 4.69) is 10.0 Å². The monoisotopic (exact) mass is 609 g/mol. The van der Waals surface area contributed by atoms with Crippen LogP contribution >= 0.6 is 11.6 Å². The Balaban J connectivity index is 1.35. The largest absolute Gasteiger partial charge is 0.376 e. The van der Waals surface area contributed by atoms with Crippen molar-refractivity contribution in [3.05, 3.63) is 101 Å². The van der Waals surface area contributed by atoms with Crippen molar-refractivity contribution in [1.82, 2.24) is 14.9 Å². The van der Waals surface area contributed by atoms with Crippen LogP contribution in [0.2, 0.25) is 5.02 Å². The minimum absolute atomic E-state index is 0.0272. The second-order valence-corrected chi connectivity index (χ2v) is 13.0. The van der Waals surface area contributed by atoms with E-state index < -0.39 is 16.1 Å². The SMILES string of the molecule is O=C(NC[C@H]1CCCO1)[C@H](c1ccccc1)N(Cc1ccc(Cl)cc1)C(=O)CCc1ccc(S(=O)(=O)NC2CC2)cc1. The van der Waals surface area contributed by atoms with Gasteiger partial charge in [-0.05, 0) is 73.1 Å². The van der Waals surface area contributed by atoms with Gasteiger partial charge in [-0.15, -0.1) is 0 Å². The number of amides is 2. The average Bonchev–Trinajstić information content (AvgIpc) is 3.64. The molecule has 0 unspecified atom stereocenters. The molecule has 8 nitrogen and oxygen atoms in total. The summed E-state index contributed by atoms with van der Waals surface area (Å²) in [6, 6.07) is 22.3. The Morgan fingerprint density at radius 1 is 0.929 bits per heavy atom. The van der Waals surface area contributed by atoms with Crippen molar-refractivity contribution in [2.75, 3.05) is 13.2 Å². The number of benzene rings is 3. The van der Waals surface area contributed by atoms with Gasteiger partial charge in [0, 0.05) is 37.2 Å². The van der Waals surface area contributed by atoms with E-state index in [1.165, 1.54) is 0 Å². The minimum atomic E-state index is -3.55. The highest BCUT2D eigenvalue weighted by molar-refractivity contribution is 7.89. The molecule has 2 aliphatic rings. The van der Waals surface area contributed by atoms with E-state index in [1.807, 2.05) is 42.5 Å². The third-order valence-corrected chi connectivity index (χ3v) is 9.34. The predicted molar refractivity (Wildman–Crippen MR) is 161 cm³/mol. The van der Waals surface area contributed by atoms with Crippen LogP contribution in [0.3, 0.4) is 0 Å². The molecule has 1 aliphatic heterocycles. The predicted octanol–water partition coefficient (Wildman–Crippen LogP) is 4.78.